The van der Waals surface area contributed by atoms with E-state index in [0.29, 0.717) is 0 Å². The molecule has 0 aliphatic carbocycles. The van der Waals surface area contributed by atoms with Crippen molar-refractivity contribution in [1.29, 1.82) is 0 Å². The van der Waals surface area contributed by atoms with E-state index in [1.807, 2.05) is 23.2 Å². The predicted molar refractivity (Wildman–Crippen MR) is 72.1 cm³/mol. The number of likely N-dealkylation sites (N-methyl/N-ethyl adjacent to an activating group) is 1. The molecule has 2 aromatic heterocycles. The van der Waals surface area contributed by atoms with Crippen LogP contribution in [0.1, 0.15) is 23.7 Å². The summed E-state index contributed by atoms with van der Waals surface area (Å²) in [6.45, 7) is 2.91. The molecule has 0 aromatic carbocycles. The molecule has 0 saturated heterocycles. The van der Waals surface area contributed by atoms with Crippen molar-refractivity contribution >= 4 is 11.3 Å². The van der Waals surface area contributed by atoms with Crippen LogP contribution in [0.3, 0.4) is 0 Å². The smallest absolute Gasteiger partial charge is 0.138 e. The molecular formula is C12H18N4OS. The van der Waals surface area contributed by atoms with E-state index in [2.05, 4.69) is 22.3 Å². The minimum atomic E-state index is 0.203. The molecule has 0 aliphatic rings. The molecule has 1 atom stereocenters. The highest BCUT2D eigenvalue weighted by molar-refractivity contribution is 7.10. The van der Waals surface area contributed by atoms with Crippen LogP contribution in [0.5, 0.6) is 5.75 Å². The summed E-state index contributed by atoms with van der Waals surface area (Å²) in [5.74, 6) is 1.93. The first-order valence-corrected chi connectivity index (χ1v) is 6.83. The van der Waals surface area contributed by atoms with Crippen LogP contribution in [-0.2, 0) is 13.0 Å². The summed E-state index contributed by atoms with van der Waals surface area (Å²) >= 11 is 1.70. The summed E-state index contributed by atoms with van der Waals surface area (Å²) in [5.41, 5.74) is 0. The molecule has 1 unspecified atom stereocenters. The molecule has 0 spiro atoms. The molecule has 0 radical (unpaired) electrons. The number of hydrogen-bond acceptors (Lipinski definition) is 5. The average molecular weight is 266 g/mol. The molecule has 0 amide bonds. The maximum Gasteiger partial charge on any atom is 0.138 e. The Morgan fingerprint density at radius 1 is 1.56 bits per heavy atom. The second-order valence-electron chi connectivity index (χ2n) is 3.89. The maximum atomic E-state index is 5.37. The summed E-state index contributed by atoms with van der Waals surface area (Å²) in [4.78, 5) is 5.52. The zero-order chi connectivity index (χ0) is 13.0. The fourth-order valence-corrected chi connectivity index (χ4v) is 2.92. The Morgan fingerprint density at radius 2 is 2.39 bits per heavy atom. The molecule has 0 saturated carbocycles. The fraction of sp³-hybridized carbons (Fsp3) is 0.500. The van der Waals surface area contributed by atoms with Gasteiger partial charge in [0, 0.05) is 13.0 Å². The Kier molecular flexibility index (Phi) is 4.33. The number of nitrogens with zero attached hydrogens (tertiary/aromatic N) is 3. The Hall–Kier alpha value is -1.40. The van der Waals surface area contributed by atoms with Crippen LogP contribution in [-0.4, -0.2) is 28.9 Å². The second-order valence-corrected chi connectivity index (χ2v) is 4.84. The summed E-state index contributed by atoms with van der Waals surface area (Å²) < 4.78 is 7.29. The average Bonchev–Trinajstić information content (AvgIpc) is 3.03. The standard InChI is InChI=1S/C12H18N4OS/c1-4-16-11(14-8-15-16)7-9(13-2)12-10(17-3)5-6-18-12/h5-6,8-9,13H,4,7H2,1-3H3. The van der Waals surface area contributed by atoms with Gasteiger partial charge in [-0.25, -0.2) is 4.98 Å². The summed E-state index contributed by atoms with van der Waals surface area (Å²) in [6.07, 6.45) is 2.42. The first-order chi connectivity index (χ1) is 8.80. The maximum absolute atomic E-state index is 5.37. The van der Waals surface area contributed by atoms with Crippen molar-refractivity contribution in [3.63, 3.8) is 0 Å². The van der Waals surface area contributed by atoms with Gasteiger partial charge in [-0.1, -0.05) is 0 Å². The van der Waals surface area contributed by atoms with E-state index in [-0.39, 0.29) is 6.04 Å². The lowest BCUT2D eigenvalue weighted by Gasteiger charge is -2.16. The van der Waals surface area contributed by atoms with Gasteiger partial charge in [-0.3, -0.25) is 4.68 Å². The van der Waals surface area contributed by atoms with E-state index in [4.69, 9.17) is 4.74 Å². The van der Waals surface area contributed by atoms with E-state index >= 15 is 0 Å². The lowest BCUT2D eigenvalue weighted by Crippen LogP contribution is -2.20. The monoisotopic (exact) mass is 266 g/mol. The van der Waals surface area contributed by atoms with Crippen molar-refractivity contribution in [2.45, 2.75) is 25.9 Å². The van der Waals surface area contributed by atoms with Gasteiger partial charge >= 0.3 is 0 Å². The Bertz CT molecular complexity index is 494. The Morgan fingerprint density at radius 3 is 3.06 bits per heavy atom. The van der Waals surface area contributed by atoms with Crippen LogP contribution in [0.25, 0.3) is 0 Å². The zero-order valence-electron chi connectivity index (χ0n) is 10.9. The second kappa shape index (κ2) is 5.97. The van der Waals surface area contributed by atoms with E-state index in [9.17, 15) is 0 Å². The highest BCUT2D eigenvalue weighted by atomic mass is 32.1. The number of ether oxygens (including phenoxy) is 1. The number of thiophene rings is 1. The normalized spacial score (nSPS) is 12.6. The van der Waals surface area contributed by atoms with Crippen molar-refractivity contribution in [2.75, 3.05) is 14.2 Å². The Labute approximate surface area is 111 Å². The molecular weight excluding hydrogens is 248 g/mol. The molecule has 6 heteroatoms. The third kappa shape index (κ3) is 2.54. The van der Waals surface area contributed by atoms with Gasteiger partial charge in [0.25, 0.3) is 0 Å². The summed E-state index contributed by atoms with van der Waals surface area (Å²) in [5, 5.41) is 9.56. The highest BCUT2D eigenvalue weighted by Gasteiger charge is 2.18. The van der Waals surface area contributed by atoms with Gasteiger partial charge in [0.1, 0.15) is 17.9 Å². The molecule has 2 aromatic rings. The topological polar surface area (TPSA) is 52.0 Å². The molecule has 5 nitrogen and oxygen atoms in total. The first-order valence-electron chi connectivity index (χ1n) is 5.95. The van der Waals surface area contributed by atoms with E-state index in [1.165, 1.54) is 4.88 Å². The minimum Gasteiger partial charge on any atom is -0.496 e. The predicted octanol–water partition coefficient (Wildman–Crippen LogP) is 1.87. The summed E-state index contributed by atoms with van der Waals surface area (Å²) in [7, 11) is 3.66. The van der Waals surface area contributed by atoms with Crippen LogP contribution in [0.4, 0.5) is 0 Å². The van der Waals surface area contributed by atoms with Crippen LogP contribution in [0.15, 0.2) is 17.8 Å². The molecule has 1 N–H and O–H groups in total. The highest BCUT2D eigenvalue weighted by Crippen LogP contribution is 2.32. The van der Waals surface area contributed by atoms with Gasteiger partial charge in [-0.15, -0.1) is 11.3 Å². The van der Waals surface area contributed by atoms with Gasteiger partial charge in [0.15, 0.2) is 0 Å². The van der Waals surface area contributed by atoms with E-state index in [1.54, 1.807) is 24.8 Å². The van der Waals surface area contributed by atoms with Crippen molar-refractivity contribution in [3.05, 3.63) is 28.5 Å². The van der Waals surface area contributed by atoms with Crippen molar-refractivity contribution < 1.29 is 4.74 Å². The third-order valence-corrected chi connectivity index (χ3v) is 3.94. The van der Waals surface area contributed by atoms with Crippen LogP contribution in [0.2, 0.25) is 0 Å². The molecule has 18 heavy (non-hydrogen) atoms. The lowest BCUT2D eigenvalue weighted by molar-refractivity contribution is 0.404. The summed E-state index contributed by atoms with van der Waals surface area (Å²) in [6, 6.07) is 2.20. The first kappa shape index (κ1) is 13.0. The lowest BCUT2D eigenvalue weighted by atomic mass is 10.1. The van der Waals surface area contributed by atoms with Crippen molar-refractivity contribution in [2.24, 2.45) is 0 Å². The van der Waals surface area contributed by atoms with Gasteiger partial charge in [0.2, 0.25) is 0 Å². The third-order valence-electron chi connectivity index (χ3n) is 2.92. The van der Waals surface area contributed by atoms with Crippen molar-refractivity contribution in [3.8, 4) is 5.75 Å². The quantitative estimate of drug-likeness (QED) is 0.867. The molecule has 2 rings (SSSR count). The van der Waals surface area contributed by atoms with E-state index in [0.717, 1.165) is 24.5 Å². The van der Waals surface area contributed by atoms with Gasteiger partial charge in [-0.05, 0) is 25.4 Å². The van der Waals surface area contributed by atoms with Crippen LogP contribution in [0, 0.1) is 0 Å². The number of methoxy groups -OCH3 is 1. The van der Waals surface area contributed by atoms with Gasteiger partial charge in [0.05, 0.1) is 18.0 Å². The van der Waals surface area contributed by atoms with Gasteiger partial charge < -0.3 is 10.1 Å². The van der Waals surface area contributed by atoms with E-state index < -0.39 is 0 Å². The van der Waals surface area contributed by atoms with Crippen molar-refractivity contribution in [1.82, 2.24) is 20.1 Å². The minimum absolute atomic E-state index is 0.203. The molecule has 2 heterocycles. The zero-order valence-corrected chi connectivity index (χ0v) is 11.7. The number of hydrogen-bond donors (Lipinski definition) is 1. The SMILES string of the molecule is CCn1ncnc1CC(NC)c1sccc1OC. The largest absolute Gasteiger partial charge is 0.496 e. The molecule has 0 fully saturated rings. The number of aromatic nitrogens is 3. The Balaban J connectivity index is 2.20. The molecule has 98 valence electrons. The molecule has 0 bridgehead atoms. The van der Waals surface area contributed by atoms with Crippen LogP contribution >= 0.6 is 11.3 Å². The number of nitrogens with one attached hydrogen (secondary N) is 1. The van der Waals surface area contributed by atoms with Gasteiger partial charge in [-0.2, -0.15) is 5.10 Å². The number of rotatable bonds is 6. The number of aryl methyl sites for hydroxylation is 1. The van der Waals surface area contributed by atoms with Crippen LogP contribution < -0.4 is 10.1 Å². The fourth-order valence-electron chi connectivity index (χ4n) is 1.95. The molecule has 0 aliphatic heterocycles.